The molecule has 9 nitrogen and oxygen atoms in total. The molecule has 2 aromatic rings. The standard InChI is InChI=1S/C33H47N3O6/c1-24(33(37)36-12-16-40-17-13-36)19-27-21-29(26-6-8-28(39-3)9-7-26)32(22-34-27)42-23-25-5-10-31-30(20-25)35(14-18-41-31)11-4-15-38-2/h5-10,20,24,27,29,32,34H,4,11-19,21-23H2,1-3H3/t24?,27?,29?,32-/m0/s1. The number of benzene rings is 2. The van der Waals surface area contributed by atoms with Crippen LogP contribution in [0.5, 0.6) is 11.5 Å². The molecule has 0 radical (unpaired) electrons. The molecule has 3 aliphatic heterocycles. The zero-order valence-corrected chi connectivity index (χ0v) is 25.4. The first-order valence-electron chi connectivity index (χ1n) is 15.4. The van der Waals surface area contributed by atoms with E-state index in [-0.39, 0.29) is 29.9 Å². The number of nitrogens with zero attached hydrogens (tertiary/aromatic N) is 2. The first-order valence-corrected chi connectivity index (χ1v) is 15.4. The molecule has 0 saturated carbocycles. The predicted molar refractivity (Wildman–Crippen MR) is 163 cm³/mol. The van der Waals surface area contributed by atoms with Crippen LogP contribution in [0.4, 0.5) is 5.69 Å². The number of amides is 1. The first-order chi connectivity index (χ1) is 20.6. The quantitative estimate of drug-likeness (QED) is 0.379. The normalized spacial score (nSPS) is 23.2. The highest BCUT2D eigenvalue weighted by Gasteiger charge is 2.34. The van der Waals surface area contributed by atoms with Crippen molar-refractivity contribution in [3.8, 4) is 11.5 Å². The van der Waals surface area contributed by atoms with E-state index in [0.717, 1.165) is 68.3 Å². The lowest BCUT2D eigenvalue weighted by molar-refractivity contribution is -0.139. The third-order valence-corrected chi connectivity index (χ3v) is 8.74. The van der Waals surface area contributed by atoms with Crippen LogP contribution < -0.4 is 19.7 Å². The Labute approximate surface area is 250 Å². The van der Waals surface area contributed by atoms with Gasteiger partial charge < -0.3 is 38.8 Å². The molecule has 2 saturated heterocycles. The second kappa shape index (κ2) is 15.0. The molecule has 0 spiro atoms. The highest BCUT2D eigenvalue weighted by molar-refractivity contribution is 5.78. The monoisotopic (exact) mass is 581 g/mol. The summed E-state index contributed by atoms with van der Waals surface area (Å²) in [4.78, 5) is 17.4. The fourth-order valence-electron chi connectivity index (χ4n) is 6.39. The van der Waals surface area contributed by atoms with Crippen LogP contribution in [0.15, 0.2) is 42.5 Å². The molecular formula is C33H47N3O6. The maximum Gasteiger partial charge on any atom is 0.225 e. The molecule has 2 fully saturated rings. The van der Waals surface area contributed by atoms with E-state index in [2.05, 4.69) is 47.5 Å². The number of nitrogens with one attached hydrogen (secondary N) is 1. The van der Waals surface area contributed by atoms with Gasteiger partial charge in [0.25, 0.3) is 0 Å². The van der Waals surface area contributed by atoms with E-state index in [1.165, 1.54) is 5.56 Å². The summed E-state index contributed by atoms with van der Waals surface area (Å²) in [7, 11) is 3.44. The van der Waals surface area contributed by atoms with Crippen molar-refractivity contribution in [1.29, 1.82) is 0 Å². The smallest absolute Gasteiger partial charge is 0.225 e. The van der Waals surface area contributed by atoms with Crippen LogP contribution in [-0.2, 0) is 25.6 Å². The number of carbonyl (C=O) groups excluding carboxylic acids is 1. The summed E-state index contributed by atoms with van der Waals surface area (Å²) in [6.45, 7) is 9.20. The van der Waals surface area contributed by atoms with Gasteiger partial charge in [-0.1, -0.05) is 25.1 Å². The van der Waals surface area contributed by atoms with Crippen LogP contribution >= 0.6 is 0 Å². The Balaban J connectivity index is 1.25. The molecular weight excluding hydrogens is 534 g/mol. The fourth-order valence-corrected chi connectivity index (χ4v) is 6.39. The van der Waals surface area contributed by atoms with Crippen LogP contribution in [0.25, 0.3) is 0 Å². The number of rotatable bonds is 12. The highest BCUT2D eigenvalue weighted by atomic mass is 16.5. The van der Waals surface area contributed by atoms with Gasteiger partial charge in [0.2, 0.25) is 5.91 Å². The van der Waals surface area contributed by atoms with Crippen molar-refractivity contribution in [2.45, 2.75) is 50.9 Å². The number of anilines is 1. The molecule has 4 atom stereocenters. The van der Waals surface area contributed by atoms with E-state index >= 15 is 0 Å². The molecule has 1 amide bonds. The Morgan fingerprint density at radius 1 is 1.07 bits per heavy atom. The van der Waals surface area contributed by atoms with E-state index in [4.69, 9.17) is 23.7 Å². The van der Waals surface area contributed by atoms with Crippen LogP contribution in [0.3, 0.4) is 0 Å². The average Bonchev–Trinajstić information content (AvgIpc) is 3.04. The Hall–Kier alpha value is -2.85. The third-order valence-electron chi connectivity index (χ3n) is 8.74. The summed E-state index contributed by atoms with van der Waals surface area (Å²) in [5.41, 5.74) is 3.50. The van der Waals surface area contributed by atoms with Crippen molar-refractivity contribution >= 4 is 11.6 Å². The molecule has 230 valence electrons. The van der Waals surface area contributed by atoms with Gasteiger partial charge in [-0.25, -0.2) is 0 Å². The Morgan fingerprint density at radius 2 is 1.88 bits per heavy atom. The van der Waals surface area contributed by atoms with Crippen molar-refractivity contribution in [1.82, 2.24) is 10.2 Å². The zero-order valence-electron chi connectivity index (χ0n) is 25.4. The number of piperidine rings is 1. The maximum atomic E-state index is 13.1. The fraction of sp³-hybridized carbons (Fsp3) is 0.606. The lowest BCUT2D eigenvalue weighted by Crippen LogP contribution is -2.49. The van der Waals surface area contributed by atoms with Crippen molar-refractivity contribution in [2.75, 3.05) is 78.3 Å². The van der Waals surface area contributed by atoms with Gasteiger partial charge in [-0.15, -0.1) is 0 Å². The molecule has 0 aromatic heterocycles. The van der Waals surface area contributed by atoms with Crippen molar-refractivity contribution in [3.05, 3.63) is 53.6 Å². The minimum atomic E-state index is -0.0425. The van der Waals surface area contributed by atoms with E-state index < -0.39 is 0 Å². The third kappa shape index (κ3) is 7.75. The van der Waals surface area contributed by atoms with Gasteiger partial charge >= 0.3 is 0 Å². The van der Waals surface area contributed by atoms with Crippen molar-refractivity contribution in [3.63, 3.8) is 0 Å². The largest absolute Gasteiger partial charge is 0.497 e. The van der Waals surface area contributed by atoms with Crippen LogP contribution in [-0.4, -0.2) is 96.3 Å². The molecule has 1 N–H and O–H groups in total. The number of hydrogen-bond donors (Lipinski definition) is 1. The minimum Gasteiger partial charge on any atom is -0.497 e. The summed E-state index contributed by atoms with van der Waals surface area (Å²) in [5.74, 6) is 2.17. The second-order valence-corrected chi connectivity index (χ2v) is 11.6. The van der Waals surface area contributed by atoms with E-state index in [1.807, 2.05) is 17.0 Å². The number of carbonyl (C=O) groups is 1. The van der Waals surface area contributed by atoms with Crippen molar-refractivity contribution < 1.29 is 28.5 Å². The summed E-state index contributed by atoms with van der Waals surface area (Å²) < 4.78 is 28.7. The lowest BCUT2D eigenvalue weighted by atomic mass is 9.81. The van der Waals surface area contributed by atoms with Gasteiger partial charge in [-0.3, -0.25) is 4.79 Å². The topological polar surface area (TPSA) is 81.7 Å². The molecule has 3 unspecified atom stereocenters. The molecule has 3 heterocycles. The second-order valence-electron chi connectivity index (χ2n) is 11.6. The minimum absolute atomic E-state index is 0.00461. The maximum absolute atomic E-state index is 13.1. The van der Waals surface area contributed by atoms with E-state index in [9.17, 15) is 4.79 Å². The van der Waals surface area contributed by atoms with Gasteiger partial charge in [0.1, 0.15) is 18.1 Å². The summed E-state index contributed by atoms with van der Waals surface area (Å²) in [5, 5.41) is 3.72. The molecule has 3 aliphatic rings. The number of fused-ring (bicyclic) bond motifs is 1. The molecule has 5 rings (SSSR count). The van der Waals surface area contributed by atoms with E-state index in [0.29, 0.717) is 39.5 Å². The Bertz CT molecular complexity index is 1140. The average molecular weight is 582 g/mol. The van der Waals surface area contributed by atoms with Crippen molar-refractivity contribution in [2.24, 2.45) is 5.92 Å². The zero-order chi connectivity index (χ0) is 29.3. The molecule has 2 aromatic carbocycles. The predicted octanol–water partition coefficient (Wildman–Crippen LogP) is 3.85. The summed E-state index contributed by atoms with van der Waals surface area (Å²) >= 11 is 0. The molecule has 9 heteroatoms. The number of hydrogen-bond acceptors (Lipinski definition) is 8. The highest BCUT2D eigenvalue weighted by Crippen LogP contribution is 2.36. The number of morpholine rings is 1. The first kappa shape index (κ1) is 30.6. The van der Waals surface area contributed by atoms with Gasteiger partial charge in [0.05, 0.1) is 45.3 Å². The Morgan fingerprint density at radius 3 is 2.64 bits per heavy atom. The van der Waals surface area contributed by atoms with Gasteiger partial charge in [0, 0.05) is 57.8 Å². The Kier molecular flexibility index (Phi) is 11.0. The summed E-state index contributed by atoms with van der Waals surface area (Å²) in [6, 6.07) is 15.0. The van der Waals surface area contributed by atoms with Gasteiger partial charge in [-0.05, 0) is 54.7 Å². The van der Waals surface area contributed by atoms with Crippen LogP contribution in [0.1, 0.15) is 43.2 Å². The molecule has 0 bridgehead atoms. The molecule has 42 heavy (non-hydrogen) atoms. The molecule has 0 aliphatic carbocycles. The van der Waals surface area contributed by atoms with Crippen LogP contribution in [0.2, 0.25) is 0 Å². The van der Waals surface area contributed by atoms with E-state index in [1.54, 1.807) is 14.2 Å². The number of ether oxygens (including phenoxy) is 5. The lowest BCUT2D eigenvalue weighted by Gasteiger charge is -2.39. The SMILES string of the molecule is COCCCN1CCOc2ccc(CO[C@H]3CNC(CC(C)C(=O)N4CCOCC4)CC3c3ccc(OC)cc3)cc21. The van der Waals surface area contributed by atoms with Crippen LogP contribution in [0, 0.1) is 5.92 Å². The number of methoxy groups -OCH3 is 2. The van der Waals surface area contributed by atoms with Gasteiger partial charge in [0.15, 0.2) is 0 Å². The van der Waals surface area contributed by atoms with Gasteiger partial charge in [-0.2, -0.15) is 0 Å². The summed E-state index contributed by atoms with van der Waals surface area (Å²) in [6.07, 6.45) is 2.69.